The van der Waals surface area contributed by atoms with E-state index in [2.05, 4.69) is 20.3 Å². The number of imide groups is 1. The van der Waals surface area contributed by atoms with E-state index in [1.807, 2.05) is 19.2 Å². The summed E-state index contributed by atoms with van der Waals surface area (Å²) in [6.07, 6.45) is 1.23. The monoisotopic (exact) mass is 428 g/mol. The number of urea groups is 1. The van der Waals surface area contributed by atoms with Crippen LogP contribution in [0, 0.1) is 0 Å². The highest BCUT2D eigenvalue weighted by Gasteiger charge is 2.32. The fourth-order valence-corrected chi connectivity index (χ4v) is 1.46. The molecule has 11 heteroatoms. The van der Waals surface area contributed by atoms with Crippen LogP contribution in [0.4, 0.5) is 4.79 Å². The number of nitrogens with one attached hydrogen (secondary N) is 1. The van der Waals surface area contributed by atoms with Gasteiger partial charge in [-0.25, -0.2) is 14.4 Å². The van der Waals surface area contributed by atoms with Gasteiger partial charge in [-0.05, 0) is 25.0 Å². The summed E-state index contributed by atoms with van der Waals surface area (Å²) in [6.45, 7) is 3.72. The molecule has 0 aromatic carbocycles. The summed E-state index contributed by atoms with van der Waals surface area (Å²) in [5, 5.41) is 18.6. The van der Waals surface area contributed by atoms with E-state index in [0.717, 1.165) is 12.1 Å². The minimum atomic E-state index is -1.28. The molecule has 0 saturated carbocycles. The lowest BCUT2D eigenvalue weighted by molar-refractivity contribution is -0.122. The lowest BCUT2D eigenvalue weighted by Crippen LogP contribution is -2.46. The molecule has 136 valence electrons. The van der Waals surface area contributed by atoms with Crippen molar-refractivity contribution in [3.8, 4) is 0 Å². The first-order chi connectivity index (χ1) is 10.6. The molecule has 1 aromatic rings. The van der Waals surface area contributed by atoms with Crippen molar-refractivity contribution in [3.63, 3.8) is 0 Å². The number of furan rings is 1. The SMILES string of the molecule is CCC(Br)(CC)C(=O)NC(N)=O.Cl.O=C(O)c1ccc(C(=O)O)o1. The van der Waals surface area contributed by atoms with E-state index in [4.69, 9.17) is 15.9 Å². The van der Waals surface area contributed by atoms with Gasteiger partial charge in [0.2, 0.25) is 17.4 Å². The number of primary amides is 1. The topological polar surface area (TPSA) is 160 Å². The summed E-state index contributed by atoms with van der Waals surface area (Å²) in [4.78, 5) is 41.9. The van der Waals surface area contributed by atoms with Crippen LogP contribution < -0.4 is 11.1 Å². The van der Waals surface area contributed by atoms with Gasteiger partial charge < -0.3 is 20.4 Å². The van der Waals surface area contributed by atoms with Gasteiger partial charge in [-0.2, -0.15) is 0 Å². The van der Waals surface area contributed by atoms with E-state index in [0.29, 0.717) is 12.8 Å². The van der Waals surface area contributed by atoms with Crippen molar-refractivity contribution in [2.24, 2.45) is 5.73 Å². The fraction of sp³-hybridized carbons (Fsp3) is 0.385. The molecule has 0 unspecified atom stereocenters. The summed E-state index contributed by atoms with van der Waals surface area (Å²) in [5.74, 6) is -3.68. The Morgan fingerprint density at radius 1 is 1.12 bits per heavy atom. The maximum atomic E-state index is 11.3. The highest BCUT2D eigenvalue weighted by atomic mass is 79.9. The third-order valence-electron chi connectivity index (χ3n) is 2.79. The third-order valence-corrected chi connectivity index (χ3v) is 4.27. The third kappa shape index (κ3) is 7.47. The lowest BCUT2D eigenvalue weighted by Gasteiger charge is -2.21. The first-order valence-electron chi connectivity index (χ1n) is 6.43. The van der Waals surface area contributed by atoms with Crippen LogP contribution in [0.5, 0.6) is 0 Å². The summed E-state index contributed by atoms with van der Waals surface area (Å²) in [7, 11) is 0. The van der Waals surface area contributed by atoms with Crippen LogP contribution in [0.25, 0.3) is 0 Å². The minimum absolute atomic E-state index is 0. The number of hydrogen-bond acceptors (Lipinski definition) is 5. The molecule has 0 saturated heterocycles. The molecule has 0 radical (unpaired) electrons. The second-order valence-electron chi connectivity index (χ2n) is 4.26. The van der Waals surface area contributed by atoms with E-state index in [-0.39, 0.29) is 29.8 Å². The van der Waals surface area contributed by atoms with Crippen LogP contribution >= 0.6 is 28.3 Å². The molecule has 0 spiro atoms. The van der Waals surface area contributed by atoms with Crippen molar-refractivity contribution in [3.05, 3.63) is 23.7 Å². The second-order valence-corrected chi connectivity index (χ2v) is 5.78. The Morgan fingerprint density at radius 3 is 1.71 bits per heavy atom. The van der Waals surface area contributed by atoms with Crippen molar-refractivity contribution in [1.82, 2.24) is 5.32 Å². The molecule has 5 N–H and O–H groups in total. The van der Waals surface area contributed by atoms with Crippen molar-refractivity contribution in [2.45, 2.75) is 31.0 Å². The van der Waals surface area contributed by atoms with Crippen LogP contribution in [0.3, 0.4) is 0 Å². The van der Waals surface area contributed by atoms with Crippen molar-refractivity contribution < 1.29 is 33.8 Å². The normalized spacial score (nSPS) is 9.79. The Balaban J connectivity index is 0. The predicted octanol–water partition coefficient (Wildman–Crippen LogP) is 2.23. The fourth-order valence-electron chi connectivity index (χ4n) is 1.36. The predicted molar refractivity (Wildman–Crippen MR) is 89.8 cm³/mol. The number of alkyl halides is 1. The van der Waals surface area contributed by atoms with Crippen LogP contribution in [0.2, 0.25) is 0 Å². The van der Waals surface area contributed by atoms with E-state index < -0.39 is 22.3 Å². The Morgan fingerprint density at radius 2 is 1.50 bits per heavy atom. The van der Waals surface area contributed by atoms with Crippen molar-refractivity contribution in [2.75, 3.05) is 0 Å². The zero-order valence-corrected chi connectivity index (χ0v) is 15.3. The number of nitrogens with two attached hydrogens (primary N) is 1. The van der Waals surface area contributed by atoms with Gasteiger partial charge in [0.25, 0.3) is 0 Å². The summed E-state index contributed by atoms with van der Waals surface area (Å²) in [5.41, 5.74) is 4.81. The quantitative estimate of drug-likeness (QED) is 0.522. The van der Waals surface area contributed by atoms with Gasteiger partial charge in [0, 0.05) is 0 Å². The average Bonchev–Trinajstić information content (AvgIpc) is 2.96. The first-order valence-corrected chi connectivity index (χ1v) is 7.22. The molecule has 1 aromatic heterocycles. The van der Waals surface area contributed by atoms with Crippen molar-refractivity contribution in [1.29, 1.82) is 0 Å². The van der Waals surface area contributed by atoms with E-state index in [1.54, 1.807) is 0 Å². The smallest absolute Gasteiger partial charge is 0.371 e. The molecule has 1 heterocycles. The minimum Gasteiger partial charge on any atom is -0.475 e. The number of hydrogen-bond donors (Lipinski definition) is 4. The molecule has 0 aliphatic rings. The van der Waals surface area contributed by atoms with Gasteiger partial charge in [0.05, 0.1) is 0 Å². The van der Waals surface area contributed by atoms with Crippen LogP contribution in [0.1, 0.15) is 47.8 Å². The molecular weight excluding hydrogens is 412 g/mol. The standard InChI is InChI=1S/C7H13BrN2O2.C6H4O5.ClH/c1-3-7(8,4-2)5(11)10-6(9)12;7-5(8)3-1-2-4(11-3)6(9)10;/h3-4H2,1-2H3,(H3,9,10,11,12);1-2H,(H,7,8)(H,9,10);1H. The molecule has 0 aliphatic carbocycles. The van der Waals surface area contributed by atoms with Gasteiger partial charge in [-0.1, -0.05) is 29.8 Å². The first kappa shape index (κ1) is 24.2. The molecule has 3 amide bonds. The molecule has 9 nitrogen and oxygen atoms in total. The molecular formula is C13H18BrClN2O7. The molecule has 1 rings (SSSR count). The molecule has 24 heavy (non-hydrogen) atoms. The zero-order valence-electron chi connectivity index (χ0n) is 12.9. The number of carbonyl (C=O) groups excluding carboxylic acids is 2. The number of halogens is 2. The second kappa shape index (κ2) is 10.7. The number of aromatic carboxylic acids is 2. The van der Waals surface area contributed by atoms with Crippen molar-refractivity contribution >= 4 is 52.2 Å². The number of carboxylic acids is 2. The van der Waals surface area contributed by atoms with Gasteiger partial charge in [-0.15, -0.1) is 12.4 Å². The number of rotatable bonds is 5. The van der Waals surface area contributed by atoms with Gasteiger partial charge in [0.1, 0.15) is 4.32 Å². The van der Waals surface area contributed by atoms with Crippen LogP contribution in [-0.4, -0.2) is 38.4 Å². The maximum absolute atomic E-state index is 11.3. The Kier molecular flexibility index (Phi) is 10.7. The summed E-state index contributed by atoms with van der Waals surface area (Å²) < 4.78 is 3.74. The lowest BCUT2D eigenvalue weighted by atomic mass is 10.0. The van der Waals surface area contributed by atoms with E-state index >= 15 is 0 Å². The number of carbonyl (C=O) groups is 4. The number of amides is 3. The van der Waals surface area contributed by atoms with Crippen LogP contribution in [0.15, 0.2) is 16.5 Å². The molecule has 0 aliphatic heterocycles. The van der Waals surface area contributed by atoms with Gasteiger partial charge in [-0.3, -0.25) is 10.1 Å². The van der Waals surface area contributed by atoms with Crippen LogP contribution in [-0.2, 0) is 4.79 Å². The molecule has 0 atom stereocenters. The largest absolute Gasteiger partial charge is 0.475 e. The summed E-state index contributed by atoms with van der Waals surface area (Å²) in [6, 6.07) is 1.36. The maximum Gasteiger partial charge on any atom is 0.371 e. The molecule has 0 fully saturated rings. The van der Waals surface area contributed by atoms with E-state index in [9.17, 15) is 19.2 Å². The van der Waals surface area contributed by atoms with E-state index in [1.165, 1.54) is 0 Å². The zero-order chi connectivity index (χ0) is 18.2. The van der Waals surface area contributed by atoms with Gasteiger partial charge in [0.15, 0.2) is 0 Å². The highest BCUT2D eigenvalue weighted by Crippen LogP contribution is 2.26. The number of carboxylic acid groups (broad SMARTS) is 2. The highest BCUT2D eigenvalue weighted by molar-refractivity contribution is 9.10. The Bertz CT molecular complexity index is 570. The Hall–Kier alpha value is -2.07. The van der Waals surface area contributed by atoms with Gasteiger partial charge >= 0.3 is 18.0 Å². The summed E-state index contributed by atoms with van der Waals surface area (Å²) >= 11 is 3.26. The average molecular weight is 430 g/mol. The molecule has 0 bridgehead atoms. The Labute approximate surface area is 152 Å².